The highest BCUT2D eigenvalue weighted by Crippen LogP contribution is 1.97. The highest BCUT2D eigenvalue weighted by Gasteiger charge is 2.23. The second-order valence-electron chi connectivity index (χ2n) is 3.81. The van der Waals surface area contributed by atoms with Crippen LogP contribution < -0.4 is 10.6 Å². The molecule has 0 fully saturated rings. The molecule has 1 atom stereocenters. The largest absolute Gasteiger partial charge is 0.480 e. The van der Waals surface area contributed by atoms with Crippen LogP contribution in [0.3, 0.4) is 0 Å². The van der Waals surface area contributed by atoms with E-state index in [1.54, 1.807) is 6.92 Å². The molecule has 0 aromatic heterocycles. The van der Waals surface area contributed by atoms with Crippen LogP contribution in [0, 0.1) is 0 Å². The number of nitrogens with zero attached hydrogens (tertiary/aromatic N) is 1. The van der Waals surface area contributed by atoms with E-state index in [1.807, 2.05) is 0 Å². The van der Waals surface area contributed by atoms with Gasteiger partial charge < -0.3 is 25.4 Å². The highest BCUT2D eigenvalue weighted by atomic mass is 16.5. The fourth-order valence-corrected chi connectivity index (χ4v) is 1.31. The molecule has 8 nitrogen and oxygen atoms in total. The number of urea groups is 1. The van der Waals surface area contributed by atoms with Gasteiger partial charge in [-0.1, -0.05) is 0 Å². The molecule has 8 heteroatoms. The number of carboxylic acids is 1. The molecular weight excluding hydrogens is 254 g/mol. The van der Waals surface area contributed by atoms with E-state index in [4.69, 9.17) is 9.84 Å². The van der Waals surface area contributed by atoms with Crippen LogP contribution in [0.1, 0.15) is 13.3 Å². The van der Waals surface area contributed by atoms with E-state index in [-0.39, 0.29) is 25.5 Å². The Bertz CT molecular complexity index is 321. The summed E-state index contributed by atoms with van der Waals surface area (Å²) in [6.45, 7) is 2.11. The first kappa shape index (κ1) is 17.2. The number of methoxy groups -OCH3 is 1. The normalized spacial score (nSPS) is 11.5. The monoisotopic (exact) mass is 275 g/mol. The summed E-state index contributed by atoms with van der Waals surface area (Å²) in [4.78, 5) is 35.2. The molecule has 0 rings (SSSR count). The molecule has 0 saturated carbocycles. The number of amides is 3. The van der Waals surface area contributed by atoms with Crippen LogP contribution in [0.2, 0.25) is 0 Å². The van der Waals surface area contributed by atoms with Crippen molar-refractivity contribution in [2.45, 2.75) is 19.4 Å². The molecule has 3 amide bonds. The van der Waals surface area contributed by atoms with Gasteiger partial charge in [0.1, 0.15) is 12.6 Å². The Balaban J connectivity index is 4.50. The first-order chi connectivity index (χ1) is 8.96. The Kier molecular flexibility index (Phi) is 8.27. The van der Waals surface area contributed by atoms with Crippen molar-refractivity contribution in [2.75, 3.05) is 33.9 Å². The number of hydrogen-bond acceptors (Lipinski definition) is 4. The number of carbonyl (C=O) groups excluding carboxylic acids is 2. The fraction of sp³-hybridized carbons (Fsp3) is 0.727. The number of ether oxygens (including phenoxy) is 1. The molecule has 19 heavy (non-hydrogen) atoms. The van der Waals surface area contributed by atoms with Crippen molar-refractivity contribution in [1.29, 1.82) is 0 Å². The molecule has 0 aromatic carbocycles. The number of hydrogen-bond donors (Lipinski definition) is 3. The maximum absolute atomic E-state index is 11.8. The zero-order chi connectivity index (χ0) is 14.8. The summed E-state index contributed by atoms with van der Waals surface area (Å²) in [5, 5.41) is 13.7. The Labute approximate surface area is 112 Å². The number of carbonyl (C=O) groups is 3. The minimum Gasteiger partial charge on any atom is -0.480 e. The maximum atomic E-state index is 11.8. The van der Waals surface area contributed by atoms with Crippen LogP contribution in [0.5, 0.6) is 0 Å². The molecule has 0 radical (unpaired) electrons. The van der Waals surface area contributed by atoms with Gasteiger partial charge in [0.15, 0.2) is 0 Å². The second-order valence-corrected chi connectivity index (χ2v) is 3.81. The van der Waals surface area contributed by atoms with E-state index >= 15 is 0 Å². The maximum Gasteiger partial charge on any atom is 0.326 e. The predicted molar refractivity (Wildman–Crippen MR) is 67.8 cm³/mol. The van der Waals surface area contributed by atoms with Crippen LogP contribution in [-0.4, -0.2) is 67.8 Å². The van der Waals surface area contributed by atoms with Crippen molar-refractivity contribution in [3.63, 3.8) is 0 Å². The van der Waals surface area contributed by atoms with E-state index < -0.39 is 18.0 Å². The lowest BCUT2D eigenvalue weighted by molar-refractivity contribution is -0.139. The molecule has 0 spiro atoms. The minimum atomic E-state index is -1.14. The Hall–Kier alpha value is -1.83. The molecule has 0 aromatic rings. The van der Waals surface area contributed by atoms with Gasteiger partial charge in [0.05, 0.1) is 0 Å². The molecule has 0 bridgehead atoms. The lowest BCUT2D eigenvalue weighted by Gasteiger charge is -2.23. The molecule has 110 valence electrons. The molecule has 0 aliphatic rings. The van der Waals surface area contributed by atoms with Gasteiger partial charge in [0, 0.05) is 33.7 Å². The van der Waals surface area contributed by atoms with Gasteiger partial charge in [-0.3, -0.25) is 4.79 Å². The van der Waals surface area contributed by atoms with E-state index in [0.29, 0.717) is 6.54 Å². The SMILES string of the molecule is CCN(CC(=O)NC)C(=O)NC(CCOC)C(=O)O. The first-order valence-corrected chi connectivity index (χ1v) is 5.94. The lowest BCUT2D eigenvalue weighted by Crippen LogP contribution is -2.50. The summed E-state index contributed by atoms with van der Waals surface area (Å²) in [7, 11) is 2.91. The van der Waals surface area contributed by atoms with E-state index in [2.05, 4.69) is 10.6 Å². The van der Waals surface area contributed by atoms with Gasteiger partial charge in [0.2, 0.25) is 5.91 Å². The van der Waals surface area contributed by atoms with Crippen molar-refractivity contribution in [3.8, 4) is 0 Å². The predicted octanol–water partition coefficient (Wildman–Crippen LogP) is -0.746. The van der Waals surface area contributed by atoms with Gasteiger partial charge in [-0.2, -0.15) is 0 Å². The summed E-state index contributed by atoms with van der Waals surface area (Å²) in [6, 6.07) is -1.62. The van der Waals surface area contributed by atoms with Gasteiger partial charge in [-0.15, -0.1) is 0 Å². The molecular formula is C11H21N3O5. The van der Waals surface area contributed by atoms with Crippen molar-refractivity contribution >= 4 is 17.9 Å². The van der Waals surface area contributed by atoms with Crippen LogP contribution in [0.4, 0.5) is 4.79 Å². The van der Waals surface area contributed by atoms with Crippen LogP contribution in [-0.2, 0) is 14.3 Å². The van der Waals surface area contributed by atoms with Crippen molar-refractivity contribution in [2.24, 2.45) is 0 Å². The van der Waals surface area contributed by atoms with E-state index in [0.717, 1.165) is 0 Å². The molecule has 3 N–H and O–H groups in total. The summed E-state index contributed by atoms with van der Waals surface area (Å²) >= 11 is 0. The quantitative estimate of drug-likeness (QED) is 0.540. The van der Waals surface area contributed by atoms with Crippen molar-refractivity contribution in [3.05, 3.63) is 0 Å². The molecule has 0 saturated heterocycles. The third-order valence-corrected chi connectivity index (χ3v) is 2.49. The molecule has 0 aliphatic carbocycles. The van der Waals surface area contributed by atoms with Crippen molar-refractivity contribution < 1.29 is 24.2 Å². The first-order valence-electron chi connectivity index (χ1n) is 5.94. The third kappa shape index (κ3) is 6.61. The minimum absolute atomic E-state index is 0.116. The Morgan fingerprint density at radius 3 is 2.42 bits per heavy atom. The second kappa shape index (κ2) is 9.15. The zero-order valence-electron chi connectivity index (χ0n) is 11.4. The topological polar surface area (TPSA) is 108 Å². The smallest absolute Gasteiger partial charge is 0.326 e. The third-order valence-electron chi connectivity index (χ3n) is 2.49. The van der Waals surface area contributed by atoms with Crippen LogP contribution in [0.25, 0.3) is 0 Å². The van der Waals surface area contributed by atoms with Crippen LogP contribution in [0.15, 0.2) is 0 Å². The Morgan fingerprint density at radius 1 is 1.37 bits per heavy atom. The van der Waals surface area contributed by atoms with Gasteiger partial charge in [0.25, 0.3) is 0 Å². The van der Waals surface area contributed by atoms with Crippen molar-refractivity contribution in [1.82, 2.24) is 15.5 Å². The lowest BCUT2D eigenvalue weighted by atomic mass is 10.2. The number of nitrogens with one attached hydrogen (secondary N) is 2. The highest BCUT2D eigenvalue weighted by molar-refractivity contribution is 5.86. The van der Waals surface area contributed by atoms with Crippen LogP contribution >= 0.6 is 0 Å². The summed E-state index contributed by atoms with van der Waals surface area (Å²) in [6.07, 6.45) is 0.162. The number of rotatable bonds is 8. The summed E-state index contributed by atoms with van der Waals surface area (Å²) in [5.74, 6) is -1.46. The molecule has 0 heterocycles. The summed E-state index contributed by atoms with van der Waals surface area (Å²) in [5.41, 5.74) is 0. The van der Waals surface area contributed by atoms with E-state index in [9.17, 15) is 14.4 Å². The number of aliphatic carboxylic acids is 1. The number of likely N-dealkylation sites (N-methyl/N-ethyl adjacent to an activating group) is 2. The fourth-order valence-electron chi connectivity index (χ4n) is 1.31. The van der Waals surface area contributed by atoms with Gasteiger partial charge >= 0.3 is 12.0 Å². The molecule has 0 aliphatic heterocycles. The summed E-state index contributed by atoms with van der Waals surface area (Å²) < 4.78 is 4.78. The average Bonchev–Trinajstić information content (AvgIpc) is 2.39. The molecule has 1 unspecified atom stereocenters. The standard InChI is InChI=1S/C11H21N3O5/c1-4-14(7-9(15)12-2)11(18)13-8(10(16)17)5-6-19-3/h8H,4-7H2,1-3H3,(H,12,15)(H,13,18)(H,16,17). The van der Waals surface area contributed by atoms with Gasteiger partial charge in [-0.25, -0.2) is 9.59 Å². The van der Waals surface area contributed by atoms with Gasteiger partial charge in [-0.05, 0) is 6.92 Å². The number of carboxylic acid groups (broad SMARTS) is 1. The van der Waals surface area contributed by atoms with E-state index in [1.165, 1.54) is 19.1 Å². The Morgan fingerprint density at radius 2 is 2.00 bits per heavy atom. The average molecular weight is 275 g/mol. The zero-order valence-corrected chi connectivity index (χ0v) is 11.4.